The van der Waals surface area contributed by atoms with Crippen LogP contribution in [0.15, 0.2) is 11.1 Å². The highest BCUT2D eigenvalue weighted by atomic mass is 35.7. The molecule has 0 atom stereocenters. The molecule has 0 aromatic carbocycles. The van der Waals surface area contributed by atoms with Gasteiger partial charge in [-0.05, 0) is 13.0 Å². The van der Waals surface area contributed by atoms with E-state index in [1.54, 1.807) is 0 Å². The second-order valence-electron chi connectivity index (χ2n) is 2.79. The zero-order chi connectivity index (χ0) is 11.8. The maximum Gasteiger partial charge on any atom is 0.278 e. The van der Waals surface area contributed by atoms with E-state index in [4.69, 9.17) is 16.4 Å². The highest BCUT2D eigenvalue weighted by Crippen LogP contribution is 2.29. The van der Waals surface area contributed by atoms with Crippen LogP contribution < -0.4 is 5.73 Å². The number of pyridine rings is 1. The number of nitrogens with zero attached hydrogens (tertiary/aromatic N) is 1. The van der Waals surface area contributed by atoms with Crippen LogP contribution in [0.1, 0.15) is 17.7 Å². The van der Waals surface area contributed by atoms with E-state index in [1.165, 1.54) is 6.92 Å². The summed E-state index contributed by atoms with van der Waals surface area (Å²) in [6.07, 6.45) is -2.87. The maximum atomic E-state index is 12.4. The molecule has 1 aromatic heterocycles. The molecule has 0 radical (unpaired) electrons. The summed E-state index contributed by atoms with van der Waals surface area (Å²) in [5, 5.41) is -0.619. The van der Waals surface area contributed by atoms with Crippen LogP contribution in [-0.2, 0) is 9.05 Å². The molecule has 1 rings (SSSR count). The number of aromatic nitrogens is 1. The third-order valence-corrected chi connectivity index (χ3v) is 2.93. The minimum absolute atomic E-state index is 0.00650. The van der Waals surface area contributed by atoms with Gasteiger partial charge in [0.05, 0.1) is 11.4 Å². The van der Waals surface area contributed by atoms with Crippen molar-refractivity contribution < 1.29 is 17.2 Å². The van der Waals surface area contributed by atoms with Crippen molar-refractivity contribution in [3.05, 3.63) is 17.3 Å². The van der Waals surface area contributed by atoms with E-state index in [-0.39, 0.29) is 11.4 Å². The zero-order valence-corrected chi connectivity index (χ0v) is 9.11. The number of aryl methyl sites for hydroxylation is 1. The minimum atomic E-state index is -4.13. The molecule has 0 amide bonds. The molecule has 0 fully saturated rings. The van der Waals surface area contributed by atoms with Crippen LogP contribution in [0.2, 0.25) is 0 Å². The van der Waals surface area contributed by atoms with Crippen molar-refractivity contribution in [3.8, 4) is 0 Å². The standard InChI is InChI=1S/C7H7ClF2N2O2S/c1-3-6(11)4(7(9)10)2-5(12-3)15(8,13)14/h2,7H,11H2,1H3. The summed E-state index contributed by atoms with van der Waals surface area (Å²) in [6.45, 7) is 1.33. The van der Waals surface area contributed by atoms with Gasteiger partial charge in [-0.1, -0.05) is 0 Å². The average molecular weight is 257 g/mol. The molecule has 0 saturated heterocycles. The third kappa shape index (κ3) is 2.54. The first-order valence-electron chi connectivity index (χ1n) is 3.73. The maximum absolute atomic E-state index is 12.4. The van der Waals surface area contributed by atoms with Crippen molar-refractivity contribution in [1.29, 1.82) is 0 Å². The van der Waals surface area contributed by atoms with E-state index in [2.05, 4.69) is 4.98 Å². The van der Waals surface area contributed by atoms with Gasteiger partial charge in [0.15, 0.2) is 5.03 Å². The van der Waals surface area contributed by atoms with Crippen molar-refractivity contribution in [2.24, 2.45) is 0 Å². The van der Waals surface area contributed by atoms with Crippen LogP contribution in [0, 0.1) is 6.92 Å². The summed E-state index contributed by atoms with van der Waals surface area (Å²) < 4.78 is 46.6. The quantitative estimate of drug-likeness (QED) is 0.820. The molecule has 0 unspecified atom stereocenters. The lowest BCUT2D eigenvalue weighted by atomic mass is 10.2. The van der Waals surface area contributed by atoms with Crippen LogP contribution in [0.5, 0.6) is 0 Å². The lowest BCUT2D eigenvalue weighted by molar-refractivity contribution is 0.151. The van der Waals surface area contributed by atoms with Gasteiger partial charge in [0.1, 0.15) is 0 Å². The van der Waals surface area contributed by atoms with E-state index in [0.29, 0.717) is 6.07 Å². The Labute approximate surface area is 89.5 Å². The molecular weight excluding hydrogens is 250 g/mol. The molecule has 0 saturated carbocycles. The molecule has 0 bridgehead atoms. The fourth-order valence-corrected chi connectivity index (χ4v) is 1.73. The highest BCUT2D eigenvalue weighted by molar-refractivity contribution is 8.13. The molecule has 0 spiro atoms. The Morgan fingerprint density at radius 2 is 2.07 bits per heavy atom. The largest absolute Gasteiger partial charge is 0.397 e. The van der Waals surface area contributed by atoms with Gasteiger partial charge in [0, 0.05) is 16.2 Å². The van der Waals surface area contributed by atoms with Crippen molar-refractivity contribution in [2.75, 3.05) is 5.73 Å². The number of alkyl halides is 2. The number of nitrogen functional groups attached to an aromatic ring is 1. The van der Waals surface area contributed by atoms with Crippen molar-refractivity contribution in [1.82, 2.24) is 4.98 Å². The highest BCUT2D eigenvalue weighted by Gasteiger charge is 2.20. The zero-order valence-electron chi connectivity index (χ0n) is 7.54. The first kappa shape index (κ1) is 12.1. The topological polar surface area (TPSA) is 73.0 Å². The Kier molecular flexibility index (Phi) is 3.15. The summed E-state index contributed by atoms with van der Waals surface area (Å²) >= 11 is 0. The number of anilines is 1. The van der Waals surface area contributed by atoms with Crippen molar-refractivity contribution in [3.63, 3.8) is 0 Å². The van der Waals surface area contributed by atoms with Gasteiger partial charge in [-0.2, -0.15) is 0 Å². The van der Waals surface area contributed by atoms with Gasteiger partial charge in [-0.25, -0.2) is 22.2 Å². The Morgan fingerprint density at radius 1 is 1.53 bits per heavy atom. The first-order chi connectivity index (χ1) is 6.73. The van der Waals surface area contributed by atoms with Crippen LogP contribution in [0.3, 0.4) is 0 Å². The van der Waals surface area contributed by atoms with Gasteiger partial charge >= 0.3 is 0 Å². The molecule has 84 valence electrons. The summed E-state index contributed by atoms with van der Waals surface area (Å²) in [4.78, 5) is 3.51. The molecule has 8 heteroatoms. The number of hydrogen-bond donors (Lipinski definition) is 1. The van der Waals surface area contributed by atoms with Gasteiger partial charge < -0.3 is 5.73 Å². The Bertz CT molecular complexity index is 490. The van der Waals surface area contributed by atoms with Crippen LogP contribution in [0.4, 0.5) is 14.5 Å². The summed E-state index contributed by atoms with van der Waals surface area (Å²) in [7, 11) is 0.858. The van der Waals surface area contributed by atoms with Crippen LogP contribution in [0.25, 0.3) is 0 Å². The Morgan fingerprint density at radius 3 is 2.47 bits per heavy atom. The Hall–Kier alpha value is -0.950. The van der Waals surface area contributed by atoms with E-state index in [0.717, 1.165) is 0 Å². The van der Waals surface area contributed by atoms with E-state index < -0.39 is 26.1 Å². The number of nitrogens with two attached hydrogens (primary N) is 1. The summed E-state index contributed by atoms with van der Waals surface area (Å²) in [5.74, 6) is 0. The first-order valence-corrected chi connectivity index (χ1v) is 6.04. The average Bonchev–Trinajstić information content (AvgIpc) is 2.06. The molecule has 15 heavy (non-hydrogen) atoms. The monoisotopic (exact) mass is 256 g/mol. The lowest BCUT2D eigenvalue weighted by Crippen LogP contribution is -2.05. The van der Waals surface area contributed by atoms with E-state index in [1.807, 2.05) is 0 Å². The number of hydrogen-bond acceptors (Lipinski definition) is 4. The SMILES string of the molecule is Cc1nc(S(=O)(=O)Cl)cc(C(F)F)c1N. The molecule has 0 aliphatic heterocycles. The fourth-order valence-electron chi connectivity index (χ4n) is 0.983. The predicted molar refractivity (Wildman–Crippen MR) is 51.4 cm³/mol. The minimum Gasteiger partial charge on any atom is -0.397 e. The van der Waals surface area contributed by atoms with Crippen LogP contribution in [-0.4, -0.2) is 13.4 Å². The van der Waals surface area contributed by atoms with Gasteiger partial charge in [0.25, 0.3) is 15.5 Å². The lowest BCUT2D eigenvalue weighted by Gasteiger charge is -2.08. The fraction of sp³-hybridized carbons (Fsp3) is 0.286. The molecule has 4 nitrogen and oxygen atoms in total. The molecule has 0 aliphatic rings. The molecule has 1 heterocycles. The van der Waals surface area contributed by atoms with Crippen molar-refractivity contribution >= 4 is 25.4 Å². The number of halogens is 3. The summed E-state index contributed by atoms with van der Waals surface area (Å²) in [5.41, 5.74) is 4.51. The molecule has 2 N–H and O–H groups in total. The van der Waals surface area contributed by atoms with Gasteiger partial charge in [0.2, 0.25) is 0 Å². The predicted octanol–water partition coefficient (Wildman–Crippen LogP) is 1.84. The van der Waals surface area contributed by atoms with Crippen LogP contribution >= 0.6 is 10.7 Å². The van der Waals surface area contributed by atoms with E-state index in [9.17, 15) is 17.2 Å². The van der Waals surface area contributed by atoms with Crippen molar-refractivity contribution in [2.45, 2.75) is 18.4 Å². The van der Waals surface area contributed by atoms with Gasteiger partial charge in [-0.3, -0.25) is 0 Å². The molecular formula is C7H7ClF2N2O2S. The van der Waals surface area contributed by atoms with E-state index >= 15 is 0 Å². The smallest absolute Gasteiger partial charge is 0.278 e. The third-order valence-electron chi connectivity index (χ3n) is 1.74. The summed E-state index contributed by atoms with van der Waals surface area (Å²) in [6, 6.07) is 0.676. The molecule has 1 aromatic rings. The second kappa shape index (κ2) is 3.90. The second-order valence-corrected chi connectivity index (χ2v) is 5.30. The normalized spacial score (nSPS) is 12.1. The molecule has 0 aliphatic carbocycles. The van der Waals surface area contributed by atoms with Gasteiger partial charge in [-0.15, -0.1) is 0 Å². The Balaban J connectivity index is 3.50. The number of rotatable bonds is 2.